The lowest BCUT2D eigenvalue weighted by atomic mass is 10.0. The van der Waals surface area contributed by atoms with Gasteiger partial charge in [0.05, 0.1) is 20.3 Å². The van der Waals surface area contributed by atoms with Gasteiger partial charge in [-0.25, -0.2) is 4.79 Å². The van der Waals surface area contributed by atoms with Gasteiger partial charge in [0, 0.05) is 18.7 Å². The van der Waals surface area contributed by atoms with E-state index < -0.39 is 6.03 Å². The molecule has 0 aliphatic carbocycles. The minimum absolute atomic E-state index is 0.00325. The van der Waals surface area contributed by atoms with Crippen molar-refractivity contribution in [2.45, 2.75) is 25.4 Å². The van der Waals surface area contributed by atoms with Gasteiger partial charge in [0.25, 0.3) is 5.91 Å². The molecule has 1 heterocycles. The number of ether oxygens (including phenoxy) is 2. The molecule has 0 radical (unpaired) electrons. The average Bonchev–Trinajstić information content (AvgIpc) is 3.21. The molecule has 1 saturated heterocycles. The zero-order valence-electron chi connectivity index (χ0n) is 16.1. The predicted octanol–water partition coefficient (Wildman–Crippen LogP) is 2.85. The van der Waals surface area contributed by atoms with Gasteiger partial charge in [-0.15, -0.1) is 0 Å². The molecule has 1 fully saturated rings. The first-order valence-corrected chi connectivity index (χ1v) is 9.18. The Labute approximate surface area is 164 Å². The maximum atomic E-state index is 13.1. The number of methoxy groups -OCH3 is 2. The molecule has 0 aromatic heterocycles. The molecule has 3 N–H and O–H groups in total. The van der Waals surface area contributed by atoms with Crippen molar-refractivity contribution in [3.05, 3.63) is 59.2 Å². The number of benzene rings is 2. The number of nitrogens with two attached hydrogens (primary N) is 1. The maximum Gasteiger partial charge on any atom is 0.312 e. The summed E-state index contributed by atoms with van der Waals surface area (Å²) in [6.45, 7) is 1.05. The van der Waals surface area contributed by atoms with E-state index in [0.717, 1.165) is 24.0 Å². The number of rotatable bonds is 6. The van der Waals surface area contributed by atoms with Gasteiger partial charge >= 0.3 is 6.03 Å². The first kappa shape index (κ1) is 19.5. The van der Waals surface area contributed by atoms with Crippen molar-refractivity contribution in [1.29, 1.82) is 0 Å². The summed E-state index contributed by atoms with van der Waals surface area (Å²) in [7, 11) is 3.21. The van der Waals surface area contributed by atoms with E-state index in [9.17, 15) is 9.59 Å². The Bertz CT molecular complexity index is 851. The van der Waals surface area contributed by atoms with Crippen LogP contribution in [0.4, 0.5) is 4.79 Å². The Kier molecular flexibility index (Phi) is 6.03. The molecular weight excluding hydrogens is 358 g/mol. The Morgan fingerprint density at radius 3 is 2.46 bits per heavy atom. The molecule has 0 bridgehead atoms. The summed E-state index contributed by atoms with van der Waals surface area (Å²) < 4.78 is 10.7. The van der Waals surface area contributed by atoms with Gasteiger partial charge in [-0.1, -0.05) is 18.2 Å². The van der Waals surface area contributed by atoms with Crippen molar-refractivity contribution in [3.63, 3.8) is 0 Å². The molecule has 148 valence electrons. The van der Waals surface area contributed by atoms with E-state index in [1.807, 2.05) is 35.2 Å². The van der Waals surface area contributed by atoms with Crippen LogP contribution in [0.5, 0.6) is 11.5 Å². The van der Waals surface area contributed by atoms with E-state index >= 15 is 0 Å². The molecule has 1 aliphatic heterocycles. The molecule has 7 heteroatoms. The number of hydrogen-bond donors (Lipinski definition) is 2. The standard InChI is InChI=1S/C21H25N3O4/c1-27-18-10-9-16(12-19(18)28-2)17-4-3-11-24(17)20(25)15-7-5-14(6-8-15)13-23-21(22)26/h5-10,12,17H,3-4,11,13H2,1-2H3,(H3,22,23,26)/t17-/m0/s1. The fourth-order valence-corrected chi connectivity index (χ4v) is 3.54. The zero-order chi connectivity index (χ0) is 20.1. The predicted molar refractivity (Wildman–Crippen MR) is 105 cm³/mol. The first-order chi connectivity index (χ1) is 13.5. The third-order valence-electron chi connectivity index (χ3n) is 4.97. The number of nitrogens with zero attached hydrogens (tertiary/aromatic N) is 1. The van der Waals surface area contributed by atoms with Crippen LogP contribution >= 0.6 is 0 Å². The Hall–Kier alpha value is -3.22. The molecule has 0 spiro atoms. The van der Waals surface area contributed by atoms with Gasteiger partial charge in [-0.2, -0.15) is 0 Å². The smallest absolute Gasteiger partial charge is 0.312 e. The molecule has 0 unspecified atom stereocenters. The first-order valence-electron chi connectivity index (χ1n) is 9.18. The van der Waals surface area contributed by atoms with Crippen molar-refractivity contribution in [1.82, 2.24) is 10.2 Å². The summed E-state index contributed by atoms with van der Waals surface area (Å²) in [5.41, 5.74) is 7.62. The summed E-state index contributed by atoms with van der Waals surface area (Å²) in [5.74, 6) is 1.32. The fourth-order valence-electron chi connectivity index (χ4n) is 3.54. The van der Waals surface area contributed by atoms with Crippen LogP contribution in [-0.2, 0) is 6.54 Å². The average molecular weight is 383 g/mol. The van der Waals surface area contributed by atoms with Crippen molar-refractivity contribution < 1.29 is 19.1 Å². The number of carbonyl (C=O) groups excluding carboxylic acids is 2. The minimum atomic E-state index is -0.574. The number of carbonyl (C=O) groups is 2. The number of likely N-dealkylation sites (tertiary alicyclic amines) is 1. The SMILES string of the molecule is COc1ccc([C@@H]2CCCN2C(=O)c2ccc(CNC(N)=O)cc2)cc1OC. The molecule has 1 atom stereocenters. The molecule has 0 saturated carbocycles. The lowest BCUT2D eigenvalue weighted by Crippen LogP contribution is -2.30. The second kappa shape index (κ2) is 8.65. The molecular formula is C21H25N3O4. The van der Waals surface area contributed by atoms with Crippen LogP contribution in [-0.4, -0.2) is 37.6 Å². The topological polar surface area (TPSA) is 93.9 Å². The van der Waals surface area contributed by atoms with E-state index in [0.29, 0.717) is 30.2 Å². The number of hydrogen-bond acceptors (Lipinski definition) is 4. The number of amides is 3. The highest BCUT2D eigenvalue weighted by Crippen LogP contribution is 2.37. The van der Waals surface area contributed by atoms with Crippen LogP contribution < -0.4 is 20.5 Å². The molecule has 3 rings (SSSR count). The van der Waals surface area contributed by atoms with Crippen LogP contribution in [0.3, 0.4) is 0 Å². The monoisotopic (exact) mass is 383 g/mol. The lowest BCUT2D eigenvalue weighted by Gasteiger charge is -2.26. The number of urea groups is 1. The van der Waals surface area contributed by atoms with Crippen molar-refractivity contribution in [3.8, 4) is 11.5 Å². The summed E-state index contributed by atoms with van der Waals surface area (Å²) in [6.07, 6.45) is 1.85. The van der Waals surface area contributed by atoms with Gasteiger partial charge in [0.1, 0.15) is 0 Å². The Morgan fingerprint density at radius 2 is 1.82 bits per heavy atom. The maximum absolute atomic E-state index is 13.1. The fraction of sp³-hybridized carbons (Fsp3) is 0.333. The highest BCUT2D eigenvalue weighted by Gasteiger charge is 2.31. The largest absolute Gasteiger partial charge is 0.493 e. The summed E-state index contributed by atoms with van der Waals surface area (Å²) in [5, 5.41) is 2.54. The third-order valence-corrected chi connectivity index (χ3v) is 4.97. The van der Waals surface area contributed by atoms with Crippen molar-refractivity contribution >= 4 is 11.9 Å². The van der Waals surface area contributed by atoms with E-state index in [2.05, 4.69) is 5.32 Å². The third kappa shape index (κ3) is 4.19. The second-order valence-corrected chi connectivity index (χ2v) is 6.69. The molecule has 28 heavy (non-hydrogen) atoms. The highest BCUT2D eigenvalue weighted by atomic mass is 16.5. The van der Waals surface area contributed by atoms with Crippen molar-refractivity contribution in [2.75, 3.05) is 20.8 Å². The minimum Gasteiger partial charge on any atom is -0.493 e. The molecule has 7 nitrogen and oxygen atoms in total. The summed E-state index contributed by atoms with van der Waals surface area (Å²) in [4.78, 5) is 25.8. The van der Waals surface area contributed by atoms with Crippen LogP contribution in [0, 0.1) is 0 Å². The van der Waals surface area contributed by atoms with Gasteiger partial charge < -0.3 is 25.4 Å². The normalized spacial score (nSPS) is 15.9. The molecule has 2 aromatic carbocycles. The summed E-state index contributed by atoms with van der Waals surface area (Å²) in [6, 6.07) is 12.4. The lowest BCUT2D eigenvalue weighted by molar-refractivity contribution is 0.0735. The van der Waals surface area contributed by atoms with Crippen LogP contribution in [0.25, 0.3) is 0 Å². The van der Waals surface area contributed by atoms with Crippen LogP contribution in [0.2, 0.25) is 0 Å². The van der Waals surface area contributed by atoms with Crippen LogP contribution in [0.1, 0.15) is 40.4 Å². The van der Waals surface area contributed by atoms with Gasteiger partial charge in [0.15, 0.2) is 11.5 Å². The molecule has 2 aromatic rings. The van der Waals surface area contributed by atoms with E-state index in [4.69, 9.17) is 15.2 Å². The molecule has 3 amide bonds. The van der Waals surface area contributed by atoms with E-state index in [1.165, 1.54) is 0 Å². The van der Waals surface area contributed by atoms with Gasteiger partial charge in [0.2, 0.25) is 0 Å². The van der Waals surface area contributed by atoms with Crippen molar-refractivity contribution in [2.24, 2.45) is 5.73 Å². The Balaban J connectivity index is 1.77. The zero-order valence-corrected chi connectivity index (χ0v) is 16.1. The van der Waals surface area contributed by atoms with Gasteiger partial charge in [-0.05, 0) is 48.2 Å². The van der Waals surface area contributed by atoms with Crippen LogP contribution in [0.15, 0.2) is 42.5 Å². The molecule has 1 aliphatic rings. The summed E-state index contributed by atoms with van der Waals surface area (Å²) >= 11 is 0. The second-order valence-electron chi connectivity index (χ2n) is 6.69. The Morgan fingerprint density at radius 1 is 1.11 bits per heavy atom. The quantitative estimate of drug-likeness (QED) is 0.802. The highest BCUT2D eigenvalue weighted by molar-refractivity contribution is 5.94. The number of nitrogens with one attached hydrogen (secondary N) is 1. The van der Waals surface area contributed by atoms with E-state index in [-0.39, 0.29) is 11.9 Å². The van der Waals surface area contributed by atoms with E-state index in [1.54, 1.807) is 26.4 Å². The van der Waals surface area contributed by atoms with Gasteiger partial charge in [-0.3, -0.25) is 4.79 Å². The number of primary amides is 1.